The molecule has 0 amide bonds. The molecule has 4 heteroatoms. The summed E-state index contributed by atoms with van der Waals surface area (Å²) in [5.74, 6) is 2.09. The van der Waals surface area contributed by atoms with Gasteiger partial charge in [-0.15, -0.1) is 11.8 Å². The fourth-order valence-corrected chi connectivity index (χ4v) is 4.69. The zero-order valence-electron chi connectivity index (χ0n) is 11.6. The second-order valence-electron chi connectivity index (χ2n) is 5.55. The Balaban J connectivity index is 1.51. The van der Waals surface area contributed by atoms with E-state index in [4.69, 9.17) is 9.47 Å². The van der Waals surface area contributed by atoms with Crippen LogP contribution in [0.1, 0.15) is 12.0 Å². The molecular formula is C15H21NO2S. The van der Waals surface area contributed by atoms with Crippen molar-refractivity contribution >= 4 is 11.8 Å². The molecule has 0 radical (unpaired) electrons. The lowest BCUT2D eigenvalue weighted by molar-refractivity contribution is 0.0631. The second kappa shape index (κ2) is 5.35. The predicted molar refractivity (Wildman–Crippen MR) is 78.9 cm³/mol. The summed E-state index contributed by atoms with van der Waals surface area (Å²) in [5, 5.41) is 0. The fraction of sp³-hybridized carbons (Fsp3) is 0.600. The number of ether oxygens (including phenoxy) is 2. The average Bonchev–Trinajstić information content (AvgIpc) is 2.84. The molecule has 1 spiro atoms. The highest BCUT2D eigenvalue weighted by molar-refractivity contribution is 8.01. The zero-order valence-corrected chi connectivity index (χ0v) is 12.4. The third kappa shape index (κ3) is 2.76. The number of hydrogen-bond donors (Lipinski definition) is 0. The van der Waals surface area contributed by atoms with Gasteiger partial charge in [-0.3, -0.25) is 4.90 Å². The highest BCUT2D eigenvalue weighted by Crippen LogP contribution is 2.46. The molecule has 1 unspecified atom stereocenters. The molecule has 1 aromatic carbocycles. The Morgan fingerprint density at radius 3 is 2.58 bits per heavy atom. The van der Waals surface area contributed by atoms with E-state index in [9.17, 15) is 0 Å². The van der Waals surface area contributed by atoms with E-state index in [2.05, 4.69) is 28.8 Å². The SMILES string of the molecule is COc1ccc(CN2CC3(CC(OC)CS3)C2)cc1. The van der Waals surface area contributed by atoms with Crippen LogP contribution in [0.25, 0.3) is 0 Å². The van der Waals surface area contributed by atoms with E-state index >= 15 is 0 Å². The predicted octanol–water partition coefficient (Wildman–Crippen LogP) is 2.40. The molecule has 2 heterocycles. The molecule has 2 aliphatic rings. The summed E-state index contributed by atoms with van der Waals surface area (Å²) >= 11 is 2.10. The smallest absolute Gasteiger partial charge is 0.118 e. The number of benzene rings is 1. The molecule has 104 valence electrons. The van der Waals surface area contributed by atoms with Gasteiger partial charge in [0.25, 0.3) is 0 Å². The first-order valence-corrected chi connectivity index (χ1v) is 7.74. The molecule has 1 aromatic rings. The van der Waals surface area contributed by atoms with Crippen LogP contribution in [0.2, 0.25) is 0 Å². The largest absolute Gasteiger partial charge is 0.497 e. The van der Waals surface area contributed by atoms with Gasteiger partial charge in [-0.25, -0.2) is 0 Å². The third-order valence-electron chi connectivity index (χ3n) is 4.10. The number of nitrogens with zero attached hydrogens (tertiary/aromatic N) is 1. The Morgan fingerprint density at radius 1 is 1.26 bits per heavy atom. The van der Waals surface area contributed by atoms with Gasteiger partial charge in [0.2, 0.25) is 0 Å². The highest BCUT2D eigenvalue weighted by Gasteiger charge is 2.48. The molecule has 19 heavy (non-hydrogen) atoms. The first-order chi connectivity index (χ1) is 9.23. The Labute approximate surface area is 119 Å². The van der Waals surface area contributed by atoms with E-state index < -0.39 is 0 Å². The van der Waals surface area contributed by atoms with E-state index in [0.29, 0.717) is 10.9 Å². The quantitative estimate of drug-likeness (QED) is 0.843. The molecule has 0 bridgehead atoms. The average molecular weight is 279 g/mol. The van der Waals surface area contributed by atoms with Gasteiger partial charge in [-0.2, -0.15) is 0 Å². The van der Waals surface area contributed by atoms with Crippen molar-refractivity contribution < 1.29 is 9.47 Å². The van der Waals surface area contributed by atoms with Crippen LogP contribution in [-0.2, 0) is 11.3 Å². The van der Waals surface area contributed by atoms with Gasteiger partial charge in [0.1, 0.15) is 5.75 Å². The van der Waals surface area contributed by atoms with E-state index in [1.54, 1.807) is 7.11 Å². The van der Waals surface area contributed by atoms with Crippen LogP contribution >= 0.6 is 11.8 Å². The van der Waals surface area contributed by atoms with Crippen LogP contribution in [0, 0.1) is 0 Å². The standard InChI is InChI=1S/C15H21NO2S/c1-17-13-5-3-12(4-6-13)8-16-10-15(11-16)7-14(18-2)9-19-15/h3-6,14H,7-11H2,1-2H3. The molecule has 3 rings (SSSR count). The van der Waals surface area contributed by atoms with Gasteiger partial charge >= 0.3 is 0 Å². The normalized spacial score (nSPS) is 25.5. The van der Waals surface area contributed by atoms with Crippen molar-refractivity contribution in [3.8, 4) is 5.75 Å². The van der Waals surface area contributed by atoms with Gasteiger partial charge < -0.3 is 9.47 Å². The first kappa shape index (κ1) is 13.3. The monoisotopic (exact) mass is 279 g/mol. The molecule has 0 saturated carbocycles. The summed E-state index contributed by atoms with van der Waals surface area (Å²) < 4.78 is 11.1. The molecule has 2 fully saturated rings. The number of hydrogen-bond acceptors (Lipinski definition) is 4. The lowest BCUT2D eigenvalue weighted by Gasteiger charge is -2.47. The van der Waals surface area contributed by atoms with E-state index in [1.165, 1.54) is 25.1 Å². The van der Waals surface area contributed by atoms with E-state index in [1.807, 2.05) is 19.2 Å². The van der Waals surface area contributed by atoms with Crippen molar-refractivity contribution in [2.45, 2.75) is 23.8 Å². The Bertz CT molecular complexity index is 428. The van der Waals surface area contributed by atoms with Gasteiger partial charge in [0.15, 0.2) is 0 Å². The Kier molecular flexibility index (Phi) is 3.74. The maximum absolute atomic E-state index is 5.47. The van der Waals surface area contributed by atoms with Crippen LogP contribution in [0.5, 0.6) is 5.75 Å². The first-order valence-electron chi connectivity index (χ1n) is 6.75. The Morgan fingerprint density at radius 2 is 2.00 bits per heavy atom. The number of rotatable bonds is 4. The highest BCUT2D eigenvalue weighted by atomic mass is 32.2. The van der Waals surface area contributed by atoms with E-state index in [-0.39, 0.29) is 0 Å². The third-order valence-corrected chi connectivity index (χ3v) is 5.67. The van der Waals surface area contributed by atoms with Gasteiger partial charge in [0.05, 0.1) is 13.2 Å². The van der Waals surface area contributed by atoms with E-state index in [0.717, 1.165) is 18.0 Å². The van der Waals surface area contributed by atoms with Crippen LogP contribution in [0.4, 0.5) is 0 Å². The topological polar surface area (TPSA) is 21.7 Å². The van der Waals surface area contributed by atoms with Crippen LogP contribution in [0.3, 0.4) is 0 Å². The number of thioether (sulfide) groups is 1. The lowest BCUT2D eigenvalue weighted by atomic mass is 9.92. The van der Waals surface area contributed by atoms with Crippen molar-refractivity contribution in [3.63, 3.8) is 0 Å². The Hall–Kier alpha value is -0.710. The van der Waals surface area contributed by atoms with Crippen molar-refractivity contribution in [2.75, 3.05) is 33.1 Å². The molecule has 0 aromatic heterocycles. The molecule has 1 atom stereocenters. The minimum absolute atomic E-state index is 0.466. The van der Waals surface area contributed by atoms with Crippen molar-refractivity contribution in [3.05, 3.63) is 29.8 Å². The fourth-order valence-electron chi connectivity index (χ4n) is 3.04. The minimum Gasteiger partial charge on any atom is -0.497 e. The van der Waals surface area contributed by atoms with Crippen LogP contribution < -0.4 is 4.74 Å². The minimum atomic E-state index is 0.466. The van der Waals surface area contributed by atoms with Gasteiger partial charge in [-0.05, 0) is 24.1 Å². The molecule has 3 nitrogen and oxygen atoms in total. The molecule has 2 aliphatic heterocycles. The summed E-state index contributed by atoms with van der Waals surface area (Å²) in [6.07, 6.45) is 1.68. The molecule has 0 N–H and O–H groups in total. The summed E-state index contributed by atoms with van der Waals surface area (Å²) in [5.41, 5.74) is 1.36. The van der Waals surface area contributed by atoms with Gasteiger partial charge in [-0.1, -0.05) is 12.1 Å². The number of likely N-dealkylation sites (tertiary alicyclic amines) is 1. The van der Waals surface area contributed by atoms with Crippen molar-refractivity contribution in [1.82, 2.24) is 4.90 Å². The van der Waals surface area contributed by atoms with Crippen LogP contribution in [-0.4, -0.2) is 48.8 Å². The second-order valence-corrected chi connectivity index (χ2v) is 7.04. The lowest BCUT2D eigenvalue weighted by Crippen LogP contribution is -2.58. The summed E-state index contributed by atoms with van der Waals surface area (Å²) in [6.45, 7) is 3.44. The van der Waals surface area contributed by atoms with Crippen molar-refractivity contribution in [2.24, 2.45) is 0 Å². The van der Waals surface area contributed by atoms with Crippen molar-refractivity contribution in [1.29, 1.82) is 0 Å². The molecule has 2 saturated heterocycles. The summed E-state index contributed by atoms with van der Waals surface area (Å²) in [7, 11) is 3.54. The number of methoxy groups -OCH3 is 2. The maximum Gasteiger partial charge on any atom is 0.118 e. The maximum atomic E-state index is 5.47. The summed E-state index contributed by atoms with van der Waals surface area (Å²) in [4.78, 5) is 2.52. The van der Waals surface area contributed by atoms with Crippen LogP contribution in [0.15, 0.2) is 24.3 Å². The molecule has 0 aliphatic carbocycles. The van der Waals surface area contributed by atoms with Gasteiger partial charge in [0, 0.05) is 37.2 Å². The summed E-state index contributed by atoms with van der Waals surface area (Å²) in [6, 6.07) is 8.39. The molecular weight excluding hydrogens is 258 g/mol. The zero-order chi connectivity index (χ0) is 13.3.